The molecule has 7 heteroatoms. The summed E-state index contributed by atoms with van der Waals surface area (Å²) in [6.07, 6.45) is 6.50. The van der Waals surface area contributed by atoms with E-state index in [0.717, 1.165) is 73.5 Å². The van der Waals surface area contributed by atoms with E-state index >= 15 is 0 Å². The maximum atomic E-state index is 10.6. The van der Waals surface area contributed by atoms with Gasteiger partial charge in [-0.05, 0) is 35.1 Å². The standard InChI is InChI=1S/C44H54O7/c45-29-19-5-3-1-2-4-6-20-30-47-44-43(50-34-39-27-17-10-18-28-39)42(49-33-38-25-15-9-16-26-38)41(48-32-37-23-13-8-14-24-37)40(51-44)35-46-31-36-21-11-7-12-22-36/h7-18,21-29,40-44H,1-6,19-20,30-35H2/t40-,41-,42+,43+,44-/m1/s1. The first kappa shape index (κ1) is 38.5. The maximum Gasteiger partial charge on any atom is 0.186 e. The van der Waals surface area contributed by atoms with Crippen molar-refractivity contribution in [3.8, 4) is 0 Å². The van der Waals surface area contributed by atoms with Crippen LogP contribution in [0.2, 0.25) is 0 Å². The highest BCUT2D eigenvalue weighted by Crippen LogP contribution is 2.32. The average molecular weight is 695 g/mol. The number of carbonyl (C=O) groups is 1. The number of aldehydes is 1. The SMILES string of the molecule is O=CCCCCCCCCCO[C@@H]1O[C@H](COCc2ccccc2)[C@@H](OCc2ccccc2)[C@H](OCc2ccccc2)[C@@H]1OCc1ccccc1. The van der Waals surface area contributed by atoms with Crippen molar-refractivity contribution < 1.29 is 33.2 Å². The lowest BCUT2D eigenvalue weighted by Gasteiger charge is -2.46. The topological polar surface area (TPSA) is 72.5 Å². The van der Waals surface area contributed by atoms with E-state index in [2.05, 4.69) is 48.5 Å². The minimum absolute atomic E-state index is 0.301. The zero-order chi connectivity index (χ0) is 35.2. The molecule has 1 aliphatic rings. The van der Waals surface area contributed by atoms with Gasteiger partial charge in [0.25, 0.3) is 0 Å². The zero-order valence-corrected chi connectivity index (χ0v) is 29.8. The number of ether oxygens (including phenoxy) is 6. The van der Waals surface area contributed by atoms with E-state index in [1.807, 2.05) is 72.8 Å². The number of benzene rings is 4. The van der Waals surface area contributed by atoms with Crippen molar-refractivity contribution in [3.63, 3.8) is 0 Å². The molecule has 7 nitrogen and oxygen atoms in total. The van der Waals surface area contributed by atoms with Crippen molar-refractivity contribution in [2.75, 3.05) is 13.2 Å². The molecule has 5 atom stereocenters. The Morgan fingerprint density at radius 1 is 0.471 bits per heavy atom. The van der Waals surface area contributed by atoms with E-state index in [1.54, 1.807) is 0 Å². The fourth-order valence-electron chi connectivity index (χ4n) is 6.29. The van der Waals surface area contributed by atoms with Crippen LogP contribution in [-0.2, 0) is 59.6 Å². The second-order valence-electron chi connectivity index (χ2n) is 13.1. The van der Waals surface area contributed by atoms with Crippen LogP contribution >= 0.6 is 0 Å². The molecule has 0 amide bonds. The van der Waals surface area contributed by atoms with Crippen LogP contribution in [0.1, 0.15) is 73.6 Å². The monoisotopic (exact) mass is 694 g/mol. The van der Waals surface area contributed by atoms with Crippen molar-refractivity contribution in [2.24, 2.45) is 0 Å². The van der Waals surface area contributed by atoms with Crippen LogP contribution in [0.3, 0.4) is 0 Å². The van der Waals surface area contributed by atoms with Gasteiger partial charge in [0, 0.05) is 13.0 Å². The molecule has 0 aliphatic carbocycles. The van der Waals surface area contributed by atoms with Gasteiger partial charge in [-0.2, -0.15) is 0 Å². The van der Waals surface area contributed by atoms with Gasteiger partial charge in [-0.1, -0.05) is 153 Å². The molecule has 5 rings (SSSR count). The lowest BCUT2D eigenvalue weighted by molar-refractivity contribution is -0.328. The molecule has 0 radical (unpaired) electrons. The minimum atomic E-state index is -0.681. The van der Waals surface area contributed by atoms with Crippen molar-refractivity contribution >= 4 is 6.29 Å². The van der Waals surface area contributed by atoms with Gasteiger partial charge in [0.05, 0.1) is 33.0 Å². The third-order valence-corrected chi connectivity index (χ3v) is 9.09. The van der Waals surface area contributed by atoms with Crippen LogP contribution in [0.4, 0.5) is 0 Å². The van der Waals surface area contributed by atoms with E-state index in [0.29, 0.717) is 46.1 Å². The molecule has 0 aromatic heterocycles. The van der Waals surface area contributed by atoms with Gasteiger partial charge in [-0.15, -0.1) is 0 Å². The van der Waals surface area contributed by atoms with E-state index in [9.17, 15) is 4.79 Å². The number of hydrogen-bond donors (Lipinski definition) is 0. The number of hydrogen-bond acceptors (Lipinski definition) is 7. The fraction of sp³-hybridized carbons (Fsp3) is 0.432. The van der Waals surface area contributed by atoms with Crippen LogP contribution in [0, 0.1) is 0 Å². The van der Waals surface area contributed by atoms with Crippen molar-refractivity contribution in [2.45, 2.75) is 108 Å². The molecular formula is C44H54O7. The summed E-state index contributed by atoms with van der Waals surface area (Å²) in [4.78, 5) is 10.6. The summed E-state index contributed by atoms with van der Waals surface area (Å²) in [5, 5.41) is 0. The van der Waals surface area contributed by atoms with Crippen LogP contribution in [0.5, 0.6) is 0 Å². The van der Waals surface area contributed by atoms with Gasteiger partial charge in [0.1, 0.15) is 30.7 Å². The summed E-state index contributed by atoms with van der Waals surface area (Å²) in [5.74, 6) is 0. The average Bonchev–Trinajstić information content (AvgIpc) is 3.18. The predicted molar refractivity (Wildman–Crippen MR) is 199 cm³/mol. The number of rotatable bonds is 24. The Bertz CT molecular complexity index is 1450. The zero-order valence-electron chi connectivity index (χ0n) is 29.8. The summed E-state index contributed by atoms with van der Waals surface area (Å²) in [5.41, 5.74) is 4.27. The highest BCUT2D eigenvalue weighted by molar-refractivity contribution is 5.48. The summed E-state index contributed by atoms with van der Waals surface area (Å²) in [6, 6.07) is 40.6. The molecule has 1 aliphatic heterocycles. The molecule has 4 aromatic carbocycles. The molecule has 0 N–H and O–H groups in total. The molecule has 1 fully saturated rings. The van der Waals surface area contributed by atoms with E-state index < -0.39 is 30.7 Å². The predicted octanol–water partition coefficient (Wildman–Crippen LogP) is 9.02. The molecule has 4 aromatic rings. The Kier molecular flexibility index (Phi) is 17.4. The summed E-state index contributed by atoms with van der Waals surface area (Å²) in [6.45, 7) is 2.45. The smallest absolute Gasteiger partial charge is 0.186 e. The second-order valence-corrected chi connectivity index (χ2v) is 13.1. The Labute approximate surface area is 304 Å². The molecule has 0 saturated carbocycles. The molecule has 0 spiro atoms. The quantitative estimate of drug-likeness (QED) is 0.0536. The van der Waals surface area contributed by atoms with Crippen molar-refractivity contribution in [3.05, 3.63) is 144 Å². The molecule has 1 saturated heterocycles. The van der Waals surface area contributed by atoms with Crippen LogP contribution in [0.25, 0.3) is 0 Å². The second kappa shape index (κ2) is 23.0. The van der Waals surface area contributed by atoms with Crippen molar-refractivity contribution in [1.82, 2.24) is 0 Å². The van der Waals surface area contributed by atoms with Gasteiger partial charge in [0.2, 0.25) is 0 Å². The molecular weight excluding hydrogens is 640 g/mol. The number of unbranched alkanes of at least 4 members (excludes halogenated alkanes) is 7. The lowest BCUT2D eigenvalue weighted by atomic mass is 9.97. The summed E-state index contributed by atoms with van der Waals surface area (Å²) >= 11 is 0. The summed E-state index contributed by atoms with van der Waals surface area (Å²) < 4.78 is 39.9. The molecule has 0 unspecified atom stereocenters. The first-order valence-electron chi connectivity index (χ1n) is 18.6. The Balaban J connectivity index is 1.33. The highest BCUT2D eigenvalue weighted by Gasteiger charge is 2.49. The normalized spacial score (nSPS) is 20.3. The first-order valence-corrected chi connectivity index (χ1v) is 18.6. The Morgan fingerprint density at radius 3 is 1.41 bits per heavy atom. The van der Waals surface area contributed by atoms with Gasteiger partial charge >= 0.3 is 0 Å². The molecule has 272 valence electrons. The lowest BCUT2D eigenvalue weighted by Crippen LogP contribution is -2.61. The maximum absolute atomic E-state index is 10.6. The molecule has 0 bridgehead atoms. The van der Waals surface area contributed by atoms with E-state index in [4.69, 9.17) is 28.4 Å². The first-order chi connectivity index (χ1) is 25.3. The molecule has 51 heavy (non-hydrogen) atoms. The van der Waals surface area contributed by atoms with Gasteiger partial charge in [0.15, 0.2) is 6.29 Å². The third kappa shape index (κ3) is 13.8. The fourth-order valence-corrected chi connectivity index (χ4v) is 6.29. The minimum Gasteiger partial charge on any atom is -0.374 e. The van der Waals surface area contributed by atoms with Gasteiger partial charge < -0.3 is 33.2 Å². The number of carbonyl (C=O) groups excluding carboxylic acids is 1. The van der Waals surface area contributed by atoms with Gasteiger partial charge in [-0.25, -0.2) is 0 Å². The third-order valence-electron chi connectivity index (χ3n) is 9.09. The summed E-state index contributed by atoms with van der Waals surface area (Å²) in [7, 11) is 0. The van der Waals surface area contributed by atoms with Crippen LogP contribution < -0.4 is 0 Å². The van der Waals surface area contributed by atoms with E-state index in [-0.39, 0.29) is 0 Å². The highest BCUT2D eigenvalue weighted by atomic mass is 16.7. The van der Waals surface area contributed by atoms with Crippen LogP contribution in [-0.4, -0.2) is 50.2 Å². The van der Waals surface area contributed by atoms with Gasteiger partial charge in [-0.3, -0.25) is 0 Å². The Morgan fingerprint density at radius 2 is 0.902 bits per heavy atom. The van der Waals surface area contributed by atoms with Crippen molar-refractivity contribution in [1.29, 1.82) is 0 Å². The Hall–Kier alpha value is -3.69. The largest absolute Gasteiger partial charge is 0.374 e. The van der Waals surface area contributed by atoms with Crippen LogP contribution in [0.15, 0.2) is 121 Å². The van der Waals surface area contributed by atoms with E-state index in [1.165, 1.54) is 0 Å². The molecule has 1 heterocycles.